The Hall–Kier alpha value is -2.19. The van der Waals surface area contributed by atoms with Gasteiger partial charge < -0.3 is 15.2 Å². The number of aromatic nitrogens is 4. The maximum absolute atomic E-state index is 5.35. The monoisotopic (exact) mass is 400 g/mol. The molecule has 0 spiro atoms. The highest BCUT2D eigenvalue weighted by molar-refractivity contribution is 7.98. The molecule has 6 nitrogen and oxygen atoms in total. The van der Waals surface area contributed by atoms with Gasteiger partial charge in [-0.2, -0.15) is 0 Å². The van der Waals surface area contributed by atoms with Crippen molar-refractivity contribution < 1.29 is 0 Å². The van der Waals surface area contributed by atoms with E-state index < -0.39 is 0 Å². The van der Waals surface area contributed by atoms with Crippen molar-refractivity contribution in [1.82, 2.24) is 24.8 Å². The van der Waals surface area contributed by atoms with Crippen molar-refractivity contribution in [3.05, 3.63) is 42.0 Å². The molecule has 142 valence electrons. The van der Waals surface area contributed by atoms with E-state index in [0.29, 0.717) is 16.8 Å². The largest absolute Gasteiger partial charge is 0.362 e. The summed E-state index contributed by atoms with van der Waals surface area (Å²) < 4.78 is 2.11. The van der Waals surface area contributed by atoms with E-state index in [4.69, 9.17) is 17.2 Å². The zero-order valence-electron chi connectivity index (χ0n) is 16.0. The van der Waals surface area contributed by atoms with Crippen LogP contribution in [0.15, 0.2) is 35.6 Å². The Bertz CT molecular complexity index is 951. The number of nitrogens with one attached hydrogen (secondary N) is 2. The number of anilines is 1. The quantitative estimate of drug-likeness (QED) is 0.369. The first-order valence-corrected chi connectivity index (χ1v) is 10.2. The first-order chi connectivity index (χ1) is 12.9. The Kier molecular flexibility index (Phi) is 6.28. The van der Waals surface area contributed by atoms with Crippen LogP contribution in [-0.4, -0.2) is 31.2 Å². The SMILES string of the molecule is Cc1ccnc(SCc2nc3cc(NC(=S)NCC(C)C)ccc3n2C)n1. The summed E-state index contributed by atoms with van der Waals surface area (Å²) >= 11 is 6.94. The molecule has 0 saturated heterocycles. The van der Waals surface area contributed by atoms with Crippen molar-refractivity contribution >= 4 is 45.8 Å². The van der Waals surface area contributed by atoms with E-state index in [0.717, 1.165) is 39.9 Å². The summed E-state index contributed by atoms with van der Waals surface area (Å²) in [7, 11) is 2.03. The molecule has 0 saturated carbocycles. The Labute approximate surface area is 169 Å². The molecule has 0 bridgehead atoms. The molecule has 0 aliphatic carbocycles. The lowest BCUT2D eigenvalue weighted by atomic mass is 10.2. The van der Waals surface area contributed by atoms with Crippen LogP contribution in [-0.2, 0) is 12.8 Å². The van der Waals surface area contributed by atoms with Gasteiger partial charge >= 0.3 is 0 Å². The fourth-order valence-electron chi connectivity index (χ4n) is 2.55. The minimum Gasteiger partial charge on any atom is -0.362 e. The third-order valence-electron chi connectivity index (χ3n) is 4.01. The zero-order valence-corrected chi connectivity index (χ0v) is 17.6. The molecular formula is C19H24N6S2. The standard InChI is InChI=1S/C19H24N6S2/c1-12(2)10-21-18(26)23-14-5-6-16-15(9-14)24-17(25(16)4)11-27-19-20-8-7-13(3)22-19/h5-9,12H,10-11H2,1-4H3,(H2,21,23,26). The molecule has 3 rings (SSSR count). The number of fused-ring (bicyclic) bond motifs is 1. The van der Waals surface area contributed by atoms with Gasteiger partial charge in [0.1, 0.15) is 5.82 Å². The lowest BCUT2D eigenvalue weighted by Gasteiger charge is -2.12. The van der Waals surface area contributed by atoms with E-state index in [1.165, 1.54) is 0 Å². The van der Waals surface area contributed by atoms with Gasteiger partial charge in [-0.05, 0) is 49.3 Å². The van der Waals surface area contributed by atoms with Crippen molar-refractivity contribution in [2.45, 2.75) is 31.7 Å². The van der Waals surface area contributed by atoms with Crippen LogP contribution in [0.5, 0.6) is 0 Å². The predicted molar refractivity (Wildman–Crippen MR) is 116 cm³/mol. The fraction of sp³-hybridized carbons (Fsp3) is 0.368. The number of hydrogen-bond donors (Lipinski definition) is 2. The lowest BCUT2D eigenvalue weighted by molar-refractivity contribution is 0.627. The van der Waals surface area contributed by atoms with Crippen LogP contribution in [0.1, 0.15) is 25.4 Å². The average Bonchev–Trinajstić information content (AvgIpc) is 2.94. The van der Waals surface area contributed by atoms with Crippen molar-refractivity contribution in [1.29, 1.82) is 0 Å². The second-order valence-electron chi connectivity index (χ2n) is 6.79. The Morgan fingerprint density at radius 2 is 2.07 bits per heavy atom. The summed E-state index contributed by atoms with van der Waals surface area (Å²) in [6.07, 6.45) is 1.79. The summed E-state index contributed by atoms with van der Waals surface area (Å²) in [4.78, 5) is 13.5. The van der Waals surface area contributed by atoms with Gasteiger partial charge in [-0.3, -0.25) is 0 Å². The number of benzene rings is 1. The van der Waals surface area contributed by atoms with E-state index in [-0.39, 0.29) is 0 Å². The molecule has 0 radical (unpaired) electrons. The van der Waals surface area contributed by atoms with Crippen LogP contribution in [0.2, 0.25) is 0 Å². The topological polar surface area (TPSA) is 67.7 Å². The molecule has 2 heterocycles. The van der Waals surface area contributed by atoms with Crippen LogP contribution in [0.25, 0.3) is 11.0 Å². The Balaban J connectivity index is 1.71. The number of thioether (sulfide) groups is 1. The fourth-order valence-corrected chi connectivity index (χ4v) is 3.61. The van der Waals surface area contributed by atoms with Crippen LogP contribution < -0.4 is 10.6 Å². The maximum atomic E-state index is 5.35. The van der Waals surface area contributed by atoms with Gasteiger partial charge in [0.25, 0.3) is 0 Å². The average molecular weight is 401 g/mol. The van der Waals surface area contributed by atoms with Gasteiger partial charge in [-0.15, -0.1) is 0 Å². The van der Waals surface area contributed by atoms with Crippen LogP contribution >= 0.6 is 24.0 Å². The minimum atomic E-state index is 0.542. The normalized spacial score (nSPS) is 11.1. The Morgan fingerprint density at radius 3 is 2.81 bits per heavy atom. The first kappa shape index (κ1) is 19.6. The molecule has 2 N–H and O–H groups in total. The highest BCUT2D eigenvalue weighted by atomic mass is 32.2. The zero-order chi connectivity index (χ0) is 19.4. The number of hydrogen-bond acceptors (Lipinski definition) is 5. The van der Waals surface area contributed by atoms with Crippen LogP contribution in [0.4, 0.5) is 5.69 Å². The molecule has 2 aromatic heterocycles. The molecule has 0 aliphatic rings. The third kappa shape index (κ3) is 5.17. The van der Waals surface area contributed by atoms with Gasteiger partial charge in [0.05, 0.1) is 16.8 Å². The molecule has 0 fully saturated rings. The second kappa shape index (κ2) is 8.67. The van der Waals surface area contributed by atoms with E-state index in [2.05, 4.69) is 45.1 Å². The molecule has 0 amide bonds. The van der Waals surface area contributed by atoms with Gasteiger partial charge in [0.2, 0.25) is 0 Å². The number of thiocarbonyl (C=S) groups is 1. The van der Waals surface area contributed by atoms with Gasteiger partial charge in [0.15, 0.2) is 10.3 Å². The molecule has 1 aromatic carbocycles. The molecule has 0 unspecified atom stereocenters. The van der Waals surface area contributed by atoms with Crippen LogP contribution in [0, 0.1) is 12.8 Å². The highest BCUT2D eigenvalue weighted by Gasteiger charge is 2.10. The van der Waals surface area contributed by atoms with Crippen LogP contribution in [0.3, 0.4) is 0 Å². The Morgan fingerprint density at radius 1 is 1.26 bits per heavy atom. The van der Waals surface area contributed by atoms with Gasteiger partial charge in [-0.25, -0.2) is 15.0 Å². The van der Waals surface area contributed by atoms with Crippen molar-refractivity contribution in [3.63, 3.8) is 0 Å². The van der Waals surface area contributed by atoms with E-state index in [1.54, 1.807) is 18.0 Å². The lowest BCUT2D eigenvalue weighted by Crippen LogP contribution is -2.31. The molecule has 3 aromatic rings. The summed E-state index contributed by atoms with van der Waals surface area (Å²) in [6.45, 7) is 7.11. The van der Waals surface area contributed by atoms with Crippen molar-refractivity contribution in [2.75, 3.05) is 11.9 Å². The summed E-state index contributed by atoms with van der Waals surface area (Å²) in [5.41, 5.74) is 3.93. The molecule has 8 heteroatoms. The molecular weight excluding hydrogens is 376 g/mol. The smallest absolute Gasteiger partial charge is 0.188 e. The summed E-state index contributed by atoms with van der Waals surface area (Å²) in [5, 5.41) is 7.84. The van der Waals surface area contributed by atoms with E-state index in [9.17, 15) is 0 Å². The van der Waals surface area contributed by atoms with E-state index in [1.807, 2.05) is 32.2 Å². The van der Waals surface area contributed by atoms with Crippen molar-refractivity contribution in [2.24, 2.45) is 13.0 Å². The van der Waals surface area contributed by atoms with Gasteiger partial charge in [0, 0.05) is 31.2 Å². The third-order valence-corrected chi connectivity index (χ3v) is 5.11. The van der Waals surface area contributed by atoms with Crippen molar-refractivity contribution in [3.8, 4) is 0 Å². The number of rotatable bonds is 6. The summed E-state index contributed by atoms with van der Waals surface area (Å²) in [6, 6.07) is 8.01. The minimum absolute atomic E-state index is 0.542. The maximum Gasteiger partial charge on any atom is 0.188 e. The molecule has 27 heavy (non-hydrogen) atoms. The number of aryl methyl sites for hydroxylation is 2. The highest BCUT2D eigenvalue weighted by Crippen LogP contribution is 2.24. The van der Waals surface area contributed by atoms with Gasteiger partial charge in [-0.1, -0.05) is 25.6 Å². The van der Waals surface area contributed by atoms with E-state index >= 15 is 0 Å². The predicted octanol–water partition coefficient (Wildman–Crippen LogP) is 3.91. The number of nitrogens with zero attached hydrogens (tertiary/aromatic N) is 4. The summed E-state index contributed by atoms with van der Waals surface area (Å²) in [5.74, 6) is 2.24. The first-order valence-electron chi connectivity index (χ1n) is 8.85. The second-order valence-corrected chi connectivity index (χ2v) is 8.14. The molecule has 0 atom stereocenters. The number of imidazole rings is 1. The molecule has 0 aliphatic heterocycles.